The molecule has 152 valence electrons. The molecule has 0 bridgehead atoms. The van der Waals surface area contributed by atoms with Crippen molar-refractivity contribution in [2.24, 2.45) is 4.99 Å². The van der Waals surface area contributed by atoms with Gasteiger partial charge < -0.3 is 20.3 Å². The molecule has 0 saturated carbocycles. The van der Waals surface area contributed by atoms with E-state index in [1.807, 2.05) is 12.1 Å². The Morgan fingerprint density at radius 3 is 2.48 bits per heavy atom. The molecule has 1 heterocycles. The Bertz CT molecular complexity index is 572. The number of likely N-dealkylation sites (N-methyl/N-ethyl adjacent to an activating group) is 1. The van der Waals surface area contributed by atoms with Crippen molar-refractivity contribution in [2.75, 3.05) is 60.0 Å². The van der Waals surface area contributed by atoms with Gasteiger partial charge in [0.1, 0.15) is 5.82 Å². The molecule has 2 rings (SSSR count). The second-order valence-corrected chi connectivity index (χ2v) is 7.17. The zero-order chi connectivity index (χ0) is 19.6. The molecule has 0 aliphatic carbocycles. The topological polar surface area (TPSA) is 52.1 Å². The van der Waals surface area contributed by atoms with Crippen LogP contribution < -0.4 is 10.6 Å². The third-order valence-electron chi connectivity index (χ3n) is 5.07. The first-order chi connectivity index (χ1) is 13.0. The van der Waals surface area contributed by atoms with E-state index in [1.54, 1.807) is 7.05 Å². The zero-order valence-corrected chi connectivity index (χ0v) is 17.0. The molecule has 1 aromatic carbocycles. The van der Waals surface area contributed by atoms with Gasteiger partial charge in [0.15, 0.2) is 5.96 Å². The summed E-state index contributed by atoms with van der Waals surface area (Å²) < 4.78 is 18.8. The van der Waals surface area contributed by atoms with Crippen molar-refractivity contribution in [3.63, 3.8) is 0 Å². The smallest absolute Gasteiger partial charge is 0.191 e. The van der Waals surface area contributed by atoms with Crippen LogP contribution in [0.15, 0.2) is 29.3 Å². The summed E-state index contributed by atoms with van der Waals surface area (Å²) in [5, 5.41) is 6.80. The maximum absolute atomic E-state index is 13.3. The average molecular weight is 380 g/mol. The molecule has 1 aromatic rings. The highest BCUT2D eigenvalue weighted by Crippen LogP contribution is 2.21. The number of aliphatic imine (C=N–C) groups is 1. The largest absolute Gasteiger partial charge is 0.379 e. The van der Waals surface area contributed by atoms with E-state index in [0.717, 1.165) is 50.9 Å². The van der Waals surface area contributed by atoms with Gasteiger partial charge in [0.05, 0.1) is 19.3 Å². The van der Waals surface area contributed by atoms with E-state index >= 15 is 0 Å². The lowest BCUT2D eigenvalue weighted by Gasteiger charge is -2.35. The number of benzene rings is 1. The fraction of sp³-hybridized carbons (Fsp3) is 0.650. The molecule has 1 fully saturated rings. The third-order valence-corrected chi connectivity index (χ3v) is 5.07. The lowest BCUT2D eigenvalue weighted by atomic mass is 10.0. The summed E-state index contributed by atoms with van der Waals surface area (Å²) in [7, 11) is 3.90. The fourth-order valence-corrected chi connectivity index (χ4v) is 3.05. The van der Waals surface area contributed by atoms with E-state index in [2.05, 4.69) is 46.3 Å². The van der Waals surface area contributed by atoms with E-state index in [-0.39, 0.29) is 11.9 Å². The van der Waals surface area contributed by atoms with Crippen LogP contribution in [-0.2, 0) is 4.74 Å². The SMILES string of the molecule is CN=C(NCCN(C)C(C)C)NCC(c1ccc(F)cc1)N1CCOCC1. The fourth-order valence-electron chi connectivity index (χ4n) is 3.05. The van der Waals surface area contributed by atoms with Crippen molar-refractivity contribution in [3.05, 3.63) is 35.6 Å². The van der Waals surface area contributed by atoms with Crippen LogP contribution in [0.25, 0.3) is 0 Å². The zero-order valence-electron chi connectivity index (χ0n) is 17.0. The summed E-state index contributed by atoms with van der Waals surface area (Å²) in [4.78, 5) is 8.99. The predicted molar refractivity (Wildman–Crippen MR) is 109 cm³/mol. The maximum atomic E-state index is 13.3. The standard InChI is InChI=1S/C20H34FN5O/c1-16(2)25(4)10-9-23-20(22-3)24-15-19(26-11-13-27-14-12-26)17-5-7-18(21)8-6-17/h5-8,16,19H,9-15H2,1-4H3,(H2,22,23,24). The summed E-state index contributed by atoms with van der Waals surface area (Å²) in [6.07, 6.45) is 0. The number of guanidine groups is 1. The van der Waals surface area contributed by atoms with Crippen LogP contribution in [0.4, 0.5) is 4.39 Å². The molecule has 0 amide bonds. The number of nitrogens with zero attached hydrogens (tertiary/aromatic N) is 3. The average Bonchev–Trinajstić information content (AvgIpc) is 2.68. The highest BCUT2D eigenvalue weighted by atomic mass is 19.1. The van der Waals surface area contributed by atoms with Crippen molar-refractivity contribution < 1.29 is 9.13 Å². The molecule has 1 aliphatic rings. The van der Waals surface area contributed by atoms with Crippen LogP contribution >= 0.6 is 0 Å². The van der Waals surface area contributed by atoms with Crippen LogP contribution in [0.1, 0.15) is 25.5 Å². The van der Waals surface area contributed by atoms with Gasteiger partial charge in [-0.25, -0.2) is 4.39 Å². The van der Waals surface area contributed by atoms with Crippen LogP contribution in [0.2, 0.25) is 0 Å². The van der Waals surface area contributed by atoms with Gasteiger partial charge in [0.2, 0.25) is 0 Å². The minimum Gasteiger partial charge on any atom is -0.379 e. The van der Waals surface area contributed by atoms with Gasteiger partial charge in [-0.05, 0) is 38.6 Å². The van der Waals surface area contributed by atoms with Crippen LogP contribution in [0.5, 0.6) is 0 Å². The first-order valence-corrected chi connectivity index (χ1v) is 9.73. The first-order valence-electron chi connectivity index (χ1n) is 9.73. The number of rotatable bonds is 8. The van der Waals surface area contributed by atoms with Gasteiger partial charge in [-0.15, -0.1) is 0 Å². The Morgan fingerprint density at radius 2 is 1.89 bits per heavy atom. The molecule has 6 nitrogen and oxygen atoms in total. The highest BCUT2D eigenvalue weighted by Gasteiger charge is 2.23. The lowest BCUT2D eigenvalue weighted by molar-refractivity contribution is 0.0170. The molecule has 7 heteroatoms. The van der Waals surface area contributed by atoms with Gasteiger partial charge >= 0.3 is 0 Å². The van der Waals surface area contributed by atoms with Gasteiger partial charge in [-0.2, -0.15) is 0 Å². The molecule has 1 saturated heterocycles. The van der Waals surface area contributed by atoms with E-state index in [9.17, 15) is 4.39 Å². The van der Waals surface area contributed by atoms with E-state index in [0.29, 0.717) is 12.6 Å². The molecule has 27 heavy (non-hydrogen) atoms. The molecule has 2 N–H and O–H groups in total. The van der Waals surface area contributed by atoms with Crippen LogP contribution in [0, 0.1) is 5.82 Å². The van der Waals surface area contributed by atoms with Crippen molar-refractivity contribution in [2.45, 2.75) is 25.9 Å². The van der Waals surface area contributed by atoms with Gasteiger partial charge in [-0.3, -0.25) is 9.89 Å². The van der Waals surface area contributed by atoms with E-state index in [1.165, 1.54) is 12.1 Å². The molecule has 1 aliphatic heterocycles. The van der Waals surface area contributed by atoms with Crippen molar-refractivity contribution >= 4 is 5.96 Å². The summed E-state index contributed by atoms with van der Waals surface area (Å²) in [5.74, 6) is 0.576. The second kappa shape index (κ2) is 11.2. The normalized spacial score (nSPS) is 17.4. The maximum Gasteiger partial charge on any atom is 0.191 e. The first kappa shape index (κ1) is 21.6. The number of ether oxygens (including phenoxy) is 1. The minimum atomic E-state index is -0.209. The Morgan fingerprint density at radius 1 is 1.22 bits per heavy atom. The van der Waals surface area contributed by atoms with Crippen molar-refractivity contribution in [3.8, 4) is 0 Å². The lowest BCUT2D eigenvalue weighted by Crippen LogP contribution is -2.47. The monoisotopic (exact) mass is 379 g/mol. The van der Waals surface area contributed by atoms with Gasteiger partial charge in [0, 0.05) is 45.8 Å². The predicted octanol–water partition coefficient (Wildman–Crippen LogP) is 1.70. The molecule has 1 unspecified atom stereocenters. The van der Waals surface area contributed by atoms with Gasteiger partial charge in [-0.1, -0.05) is 12.1 Å². The quantitative estimate of drug-likeness (QED) is 0.532. The number of hydrogen-bond acceptors (Lipinski definition) is 4. The number of nitrogens with one attached hydrogen (secondary N) is 2. The summed E-state index contributed by atoms with van der Waals surface area (Å²) in [6.45, 7) is 10.0. The summed E-state index contributed by atoms with van der Waals surface area (Å²) >= 11 is 0. The number of halogens is 1. The van der Waals surface area contributed by atoms with Crippen LogP contribution in [-0.4, -0.2) is 81.8 Å². The van der Waals surface area contributed by atoms with Gasteiger partial charge in [0.25, 0.3) is 0 Å². The van der Waals surface area contributed by atoms with E-state index < -0.39 is 0 Å². The van der Waals surface area contributed by atoms with Crippen molar-refractivity contribution in [1.29, 1.82) is 0 Å². The molecular weight excluding hydrogens is 345 g/mol. The van der Waals surface area contributed by atoms with E-state index in [4.69, 9.17) is 4.74 Å². The Kier molecular flexibility index (Phi) is 8.97. The summed E-state index contributed by atoms with van der Waals surface area (Å²) in [5.41, 5.74) is 1.10. The Labute approximate surface area is 162 Å². The molecule has 1 atom stereocenters. The number of morpholine rings is 1. The van der Waals surface area contributed by atoms with Crippen LogP contribution in [0.3, 0.4) is 0 Å². The molecule has 0 spiro atoms. The minimum absolute atomic E-state index is 0.145. The molecule has 0 aromatic heterocycles. The highest BCUT2D eigenvalue weighted by molar-refractivity contribution is 5.79. The third kappa shape index (κ3) is 7.08. The Hall–Kier alpha value is -1.70. The number of hydrogen-bond donors (Lipinski definition) is 2. The van der Waals surface area contributed by atoms with Crippen molar-refractivity contribution in [1.82, 2.24) is 20.4 Å². The second-order valence-electron chi connectivity index (χ2n) is 7.17. The Balaban J connectivity index is 1.94. The molecule has 0 radical (unpaired) electrons. The summed E-state index contributed by atoms with van der Waals surface area (Å²) in [6, 6.07) is 7.45. The molecular formula is C20H34FN5O.